The maximum Gasteiger partial charge on any atom is 0.191 e. The third-order valence-electron chi connectivity index (χ3n) is 4.60. The van der Waals surface area contributed by atoms with E-state index in [1.807, 2.05) is 35.9 Å². The standard InChI is InChI=1S/C21H32N4O2S.HI/c1-6-22-20(24-15-21(2,26)17-10-11-28-14-17)23-13-19(25(3)4)16-8-7-9-18(12-16)27-5;/h7-12,14,19,26H,6,13,15H2,1-5H3,(H2,22,23,24);1H. The maximum atomic E-state index is 10.7. The summed E-state index contributed by atoms with van der Waals surface area (Å²) in [5.74, 6) is 1.53. The summed E-state index contributed by atoms with van der Waals surface area (Å²) in [5.41, 5.74) is 1.06. The van der Waals surface area contributed by atoms with E-state index < -0.39 is 5.60 Å². The normalized spacial score (nSPS) is 14.7. The molecule has 0 radical (unpaired) electrons. The summed E-state index contributed by atoms with van der Waals surface area (Å²) in [6, 6.07) is 10.2. The van der Waals surface area contributed by atoms with E-state index in [4.69, 9.17) is 4.74 Å². The Kier molecular flexibility index (Phi) is 10.9. The fourth-order valence-corrected chi connectivity index (χ4v) is 3.66. The second-order valence-corrected chi connectivity index (χ2v) is 7.90. The van der Waals surface area contributed by atoms with Crippen molar-refractivity contribution in [1.29, 1.82) is 0 Å². The number of hydrogen-bond donors (Lipinski definition) is 3. The third-order valence-corrected chi connectivity index (χ3v) is 5.28. The molecule has 0 fully saturated rings. The average molecular weight is 532 g/mol. The van der Waals surface area contributed by atoms with Crippen LogP contribution in [0.4, 0.5) is 0 Å². The number of halogens is 1. The lowest BCUT2D eigenvalue weighted by Crippen LogP contribution is -2.42. The summed E-state index contributed by atoms with van der Waals surface area (Å²) < 4.78 is 5.36. The molecule has 1 heterocycles. The fourth-order valence-electron chi connectivity index (χ4n) is 2.88. The number of nitrogens with zero attached hydrogens (tertiary/aromatic N) is 2. The van der Waals surface area contributed by atoms with E-state index in [1.54, 1.807) is 25.4 Å². The molecule has 1 aromatic heterocycles. The Bertz CT molecular complexity index is 751. The van der Waals surface area contributed by atoms with E-state index in [1.165, 1.54) is 0 Å². The van der Waals surface area contributed by atoms with Gasteiger partial charge in [-0.2, -0.15) is 11.3 Å². The molecule has 6 nitrogen and oxygen atoms in total. The van der Waals surface area contributed by atoms with Crippen LogP contribution in [0.2, 0.25) is 0 Å². The predicted molar refractivity (Wildman–Crippen MR) is 133 cm³/mol. The van der Waals surface area contributed by atoms with Crippen molar-refractivity contribution in [2.75, 3.05) is 40.8 Å². The molecule has 162 valence electrons. The van der Waals surface area contributed by atoms with Gasteiger partial charge in [0.15, 0.2) is 5.96 Å². The Labute approximate surface area is 195 Å². The average Bonchev–Trinajstić information content (AvgIpc) is 3.22. The molecule has 0 aliphatic rings. The van der Waals surface area contributed by atoms with Crippen LogP contribution in [-0.2, 0) is 5.60 Å². The number of methoxy groups -OCH3 is 1. The zero-order valence-electron chi connectivity index (χ0n) is 17.8. The molecule has 2 aromatic rings. The second-order valence-electron chi connectivity index (χ2n) is 7.12. The van der Waals surface area contributed by atoms with Gasteiger partial charge in [0.05, 0.1) is 19.7 Å². The summed E-state index contributed by atoms with van der Waals surface area (Å²) in [6.45, 7) is 5.52. The number of thiophene rings is 1. The molecule has 0 bridgehead atoms. The summed E-state index contributed by atoms with van der Waals surface area (Å²) >= 11 is 1.57. The smallest absolute Gasteiger partial charge is 0.191 e. The number of hydrogen-bond acceptors (Lipinski definition) is 5. The van der Waals surface area contributed by atoms with Crippen molar-refractivity contribution < 1.29 is 9.84 Å². The predicted octanol–water partition coefficient (Wildman–Crippen LogP) is 3.44. The topological polar surface area (TPSA) is 69.1 Å². The zero-order chi connectivity index (χ0) is 20.6. The Hall–Kier alpha value is -1.36. The van der Waals surface area contributed by atoms with Crippen LogP contribution in [0.5, 0.6) is 5.75 Å². The molecule has 0 amide bonds. The molecule has 0 aliphatic carbocycles. The molecule has 0 saturated carbocycles. The first-order valence-corrected chi connectivity index (χ1v) is 10.4. The van der Waals surface area contributed by atoms with Gasteiger partial charge in [-0.25, -0.2) is 4.99 Å². The molecule has 2 unspecified atom stereocenters. The van der Waals surface area contributed by atoms with Gasteiger partial charge in [0.1, 0.15) is 11.4 Å². The van der Waals surface area contributed by atoms with Crippen molar-refractivity contribution in [2.45, 2.75) is 25.5 Å². The summed E-state index contributed by atoms with van der Waals surface area (Å²) in [6.07, 6.45) is 0. The van der Waals surface area contributed by atoms with Crippen molar-refractivity contribution >= 4 is 41.3 Å². The number of benzene rings is 1. The van der Waals surface area contributed by atoms with Crippen molar-refractivity contribution in [2.24, 2.45) is 4.99 Å². The van der Waals surface area contributed by atoms with Crippen molar-refractivity contribution in [3.8, 4) is 5.75 Å². The maximum absolute atomic E-state index is 10.7. The van der Waals surface area contributed by atoms with Crippen LogP contribution in [-0.4, -0.2) is 56.8 Å². The van der Waals surface area contributed by atoms with Gasteiger partial charge >= 0.3 is 0 Å². The Morgan fingerprint density at radius 3 is 2.66 bits per heavy atom. The molecule has 29 heavy (non-hydrogen) atoms. The number of nitrogens with one attached hydrogen (secondary N) is 2. The SMILES string of the molecule is CCNC(=NCC(C)(O)c1ccsc1)NCC(c1cccc(OC)c1)N(C)C.I. The summed E-state index contributed by atoms with van der Waals surface area (Å²) in [7, 11) is 5.78. The van der Waals surface area contributed by atoms with Crippen molar-refractivity contribution in [1.82, 2.24) is 15.5 Å². The molecule has 0 saturated heterocycles. The minimum absolute atomic E-state index is 0. The molecule has 1 aromatic carbocycles. The summed E-state index contributed by atoms with van der Waals surface area (Å²) in [5, 5.41) is 21.3. The first kappa shape index (κ1) is 25.7. The van der Waals surface area contributed by atoms with Gasteiger partial charge in [0, 0.05) is 13.1 Å². The molecule has 0 aliphatic heterocycles. The van der Waals surface area contributed by atoms with Crippen LogP contribution in [0.15, 0.2) is 46.1 Å². The van der Waals surface area contributed by atoms with Gasteiger partial charge in [-0.1, -0.05) is 12.1 Å². The van der Waals surface area contributed by atoms with Crippen LogP contribution >= 0.6 is 35.3 Å². The van der Waals surface area contributed by atoms with Crippen LogP contribution in [0, 0.1) is 0 Å². The number of aliphatic imine (C=N–C) groups is 1. The van der Waals surface area contributed by atoms with E-state index in [2.05, 4.69) is 46.8 Å². The molecule has 3 N–H and O–H groups in total. The van der Waals surface area contributed by atoms with Gasteiger partial charge in [-0.05, 0) is 68.0 Å². The quantitative estimate of drug-likeness (QED) is 0.262. The minimum atomic E-state index is -0.990. The van der Waals surface area contributed by atoms with E-state index >= 15 is 0 Å². The van der Waals surface area contributed by atoms with Gasteiger partial charge in [-0.15, -0.1) is 24.0 Å². The molecule has 2 rings (SSSR count). The fraction of sp³-hybridized carbons (Fsp3) is 0.476. The van der Waals surface area contributed by atoms with Crippen LogP contribution in [0.25, 0.3) is 0 Å². The van der Waals surface area contributed by atoms with Gasteiger partial charge < -0.3 is 25.4 Å². The van der Waals surface area contributed by atoms with Crippen LogP contribution < -0.4 is 15.4 Å². The number of aliphatic hydroxyl groups is 1. The zero-order valence-corrected chi connectivity index (χ0v) is 21.0. The van der Waals surface area contributed by atoms with Gasteiger partial charge in [0.25, 0.3) is 0 Å². The van der Waals surface area contributed by atoms with Gasteiger partial charge in [-0.3, -0.25) is 0 Å². The lowest BCUT2D eigenvalue weighted by atomic mass is 10.00. The molecular weight excluding hydrogens is 499 g/mol. The van der Waals surface area contributed by atoms with E-state index in [0.29, 0.717) is 12.5 Å². The Morgan fingerprint density at radius 2 is 2.07 bits per heavy atom. The lowest BCUT2D eigenvalue weighted by molar-refractivity contribution is 0.0677. The summed E-state index contributed by atoms with van der Waals surface area (Å²) in [4.78, 5) is 6.77. The van der Waals surface area contributed by atoms with Crippen LogP contribution in [0.3, 0.4) is 0 Å². The highest BCUT2D eigenvalue weighted by atomic mass is 127. The molecule has 2 atom stereocenters. The Morgan fingerprint density at radius 1 is 1.31 bits per heavy atom. The van der Waals surface area contributed by atoms with Crippen molar-refractivity contribution in [3.05, 3.63) is 52.2 Å². The van der Waals surface area contributed by atoms with Gasteiger partial charge in [0.2, 0.25) is 0 Å². The number of likely N-dealkylation sites (N-methyl/N-ethyl adjacent to an activating group) is 1. The van der Waals surface area contributed by atoms with E-state index in [9.17, 15) is 5.11 Å². The number of ether oxygens (including phenoxy) is 1. The van der Waals surface area contributed by atoms with E-state index in [-0.39, 0.29) is 36.6 Å². The lowest BCUT2D eigenvalue weighted by Gasteiger charge is -2.27. The highest BCUT2D eigenvalue weighted by Gasteiger charge is 2.23. The Balaban J connectivity index is 0.00000420. The molecule has 0 spiro atoms. The van der Waals surface area contributed by atoms with Crippen LogP contribution in [0.1, 0.15) is 31.0 Å². The monoisotopic (exact) mass is 532 g/mol. The first-order chi connectivity index (χ1) is 13.4. The van der Waals surface area contributed by atoms with E-state index in [0.717, 1.165) is 23.4 Å². The number of guanidine groups is 1. The second kappa shape index (κ2) is 12.4. The highest BCUT2D eigenvalue weighted by Crippen LogP contribution is 2.24. The largest absolute Gasteiger partial charge is 0.497 e. The molecule has 8 heteroatoms. The highest BCUT2D eigenvalue weighted by molar-refractivity contribution is 14.0. The first-order valence-electron chi connectivity index (χ1n) is 9.45. The minimum Gasteiger partial charge on any atom is -0.497 e. The third kappa shape index (κ3) is 7.76. The van der Waals surface area contributed by atoms with Crippen molar-refractivity contribution in [3.63, 3.8) is 0 Å². The number of rotatable bonds is 9. The molecular formula is C21H33IN4O2S.